The lowest BCUT2D eigenvalue weighted by atomic mass is 10.1. The van der Waals surface area contributed by atoms with Crippen LogP contribution in [0.2, 0.25) is 5.02 Å². The van der Waals surface area contributed by atoms with Gasteiger partial charge < -0.3 is 10.1 Å². The summed E-state index contributed by atoms with van der Waals surface area (Å²) in [5.41, 5.74) is 1.45. The molecule has 0 atom stereocenters. The summed E-state index contributed by atoms with van der Waals surface area (Å²) in [6, 6.07) is 16.0. The van der Waals surface area contributed by atoms with Crippen LogP contribution in [0.15, 0.2) is 59.4 Å². The molecule has 0 radical (unpaired) electrons. The molecule has 2 heterocycles. The topological polar surface area (TPSA) is 90.3 Å². The molecule has 2 aromatic heterocycles. The normalized spacial score (nSPS) is 10.9. The van der Waals surface area contributed by atoms with Crippen molar-refractivity contribution in [3.63, 3.8) is 0 Å². The number of hydrogen-bond acceptors (Lipinski definition) is 6. The molecular weight excluding hydrogens is 462 g/mol. The highest BCUT2D eigenvalue weighted by atomic mass is 35.5. The molecule has 0 aliphatic rings. The van der Waals surface area contributed by atoms with Gasteiger partial charge in [0.2, 0.25) is 5.91 Å². The van der Waals surface area contributed by atoms with Crippen LogP contribution in [-0.4, -0.2) is 28.3 Å². The Bertz CT molecular complexity index is 1410. The van der Waals surface area contributed by atoms with Crippen molar-refractivity contribution < 1.29 is 14.3 Å². The maximum atomic E-state index is 12.8. The van der Waals surface area contributed by atoms with E-state index in [0.29, 0.717) is 21.8 Å². The van der Waals surface area contributed by atoms with Crippen molar-refractivity contribution in [2.24, 2.45) is 0 Å². The molecule has 0 aliphatic heterocycles. The fraction of sp³-hybridized carbons (Fsp3) is 0.167. The van der Waals surface area contributed by atoms with Crippen molar-refractivity contribution in [2.45, 2.75) is 20.4 Å². The third kappa shape index (κ3) is 4.81. The Balaban J connectivity index is 1.64. The molecule has 33 heavy (non-hydrogen) atoms. The van der Waals surface area contributed by atoms with E-state index >= 15 is 0 Å². The van der Waals surface area contributed by atoms with E-state index in [1.807, 2.05) is 24.3 Å². The van der Waals surface area contributed by atoms with E-state index < -0.39 is 11.9 Å². The first kappa shape index (κ1) is 22.7. The molecule has 0 unspecified atom stereocenters. The lowest BCUT2D eigenvalue weighted by Gasteiger charge is -2.09. The number of carbonyl (C=O) groups is 2. The summed E-state index contributed by atoms with van der Waals surface area (Å²) in [4.78, 5) is 39.1. The number of fused-ring (bicyclic) bond motifs is 1. The number of halogens is 1. The lowest BCUT2D eigenvalue weighted by molar-refractivity contribution is -0.117. The number of carbonyl (C=O) groups excluding carboxylic acids is 2. The number of anilines is 1. The van der Waals surface area contributed by atoms with Gasteiger partial charge in [0, 0.05) is 15.3 Å². The molecular formula is C24H20ClN3O4S. The van der Waals surface area contributed by atoms with Gasteiger partial charge in [0.1, 0.15) is 11.4 Å². The van der Waals surface area contributed by atoms with Crippen molar-refractivity contribution in [1.82, 2.24) is 9.78 Å². The third-order valence-corrected chi connectivity index (χ3v) is 6.36. The van der Waals surface area contributed by atoms with Gasteiger partial charge in [0.05, 0.1) is 23.4 Å². The Morgan fingerprint density at radius 3 is 2.52 bits per heavy atom. The molecule has 0 spiro atoms. The number of benzene rings is 2. The van der Waals surface area contributed by atoms with Crippen molar-refractivity contribution in [2.75, 3.05) is 11.9 Å². The maximum absolute atomic E-state index is 12.8. The number of thiophene rings is 1. The van der Waals surface area contributed by atoms with E-state index in [1.54, 1.807) is 44.2 Å². The zero-order valence-electron chi connectivity index (χ0n) is 17.9. The van der Waals surface area contributed by atoms with Crippen LogP contribution in [-0.2, 0) is 16.1 Å². The summed E-state index contributed by atoms with van der Waals surface area (Å²) in [5.74, 6) is -1.01. The highest BCUT2D eigenvalue weighted by Crippen LogP contribution is 2.36. The molecule has 1 amide bonds. The average Bonchev–Trinajstić information content (AvgIpc) is 3.21. The van der Waals surface area contributed by atoms with Crippen LogP contribution in [0.5, 0.6) is 0 Å². The summed E-state index contributed by atoms with van der Waals surface area (Å²) < 4.78 is 6.28. The number of rotatable bonds is 6. The van der Waals surface area contributed by atoms with Crippen LogP contribution in [0.3, 0.4) is 0 Å². The first-order valence-electron chi connectivity index (χ1n) is 10.2. The Morgan fingerprint density at radius 2 is 1.82 bits per heavy atom. The minimum atomic E-state index is -0.533. The molecule has 168 valence electrons. The van der Waals surface area contributed by atoms with E-state index in [1.165, 1.54) is 11.3 Å². The summed E-state index contributed by atoms with van der Waals surface area (Å²) in [6.07, 6.45) is 0. The standard InChI is InChI=1S/C24H20ClN3O4S/c1-3-32-24(31)22-19(12-20(33-22)15-8-10-16(25)11-9-15)26-21(29)13-28-23(30)18-7-5-4-6-17(18)14(2)27-28/h4-12H,3,13H2,1-2H3,(H,26,29). The van der Waals surface area contributed by atoms with E-state index in [2.05, 4.69) is 10.4 Å². The molecule has 1 N–H and O–H groups in total. The van der Waals surface area contributed by atoms with Crippen molar-refractivity contribution in [3.8, 4) is 10.4 Å². The number of hydrogen-bond donors (Lipinski definition) is 1. The lowest BCUT2D eigenvalue weighted by Crippen LogP contribution is -2.30. The van der Waals surface area contributed by atoms with Gasteiger partial charge in [-0.1, -0.05) is 41.9 Å². The van der Waals surface area contributed by atoms with Crippen LogP contribution in [0, 0.1) is 6.92 Å². The second kappa shape index (κ2) is 9.56. The monoisotopic (exact) mass is 481 g/mol. The SMILES string of the molecule is CCOC(=O)c1sc(-c2ccc(Cl)cc2)cc1NC(=O)Cn1nc(C)c2ccccc2c1=O. The minimum absolute atomic E-state index is 0.204. The predicted octanol–water partition coefficient (Wildman–Crippen LogP) is 4.90. The molecule has 0 aliphatic carbocycles. The third-order valence-electron chi connectivity index (χ3n) is 4.94. The first-order valence-corrected chi connectivity index (χ1v) is 11.4. The van der Waals surface area contributed by atoms with E-state index in [-0.39, 0.29) is 23.6 Å². The molecule has 0 saturated heterocycles. The van der Waals surface area contributed by atoms with Gasteiger partial charge in [0.15, 0.2) is 0 Å². The van der Waals surface area contributed by atoms with Crippen LogP contribution in [0.25, 0.3) is 21.2 Å². The Morgan fingerprint density at radius 1 is 1.12 bits per heavy atom. The van der Waals surface area contributed by atoms with Gasteiger partial charge in [-0.3, -0.25) is 9.59 Å². The van der Waals surface area contributed by atoms with Gasteiger partial charge in [-0.15, -0.1) is 11.3 Å². The van der Waals surface area contributed by atoms with Crippen LogP contribution >= 0.6 is 22.9 Å². The van der Waals surface area contributed by atoms with Crippen molar-refractivity contribution in [3.05, 3.63) is 80.5 Å². The van der Waals surface area contributed by atoms with Crippen molar-refractivity contribution in [1.29, 1.82) is 0 Å². The van der Waals surface area contributed by atoms with Crippen LogP contribution in [0.4, 0.5) is 5.69 Å². The molecule has 4 aromatic rings. The Hall–Kier alpha value is -3.49. The molecule has 0 saturated carbocycles. The highest BCUT2D eigenvalue weighted by Gasteiger charge is 2.21. The van der Waals surface area contributed by atoms with Crippen LogP contribution < -0.4 is 10.9 Å². The Kier molecular flexibility index (Phi) is 6.57. The van der Waals surface area contributed by atoms with Gasteiger partial charge in [-0.05, 0) is 43.7 Å². The smallest absolute Gasteiger partial charge is 0.350 e. The summed E-state index contributed by atoms with van der Waals surface area (Å²) >= 11 is 7.18. The predicted molar refractivity (Wildman–Crippen MR) is 130 cm³/mol. The average molecular weight is 482 g/mol. The zero-order valence-corrected chi connectivity index (χ0v) is 19.5. The molecule has 0 bridgehead atoms. The number of aryl methyl sites for hydroxylation is 1. The minimum Gasteiger partial charge on any atom is -0.462 e. The first-order chi connectivity index (χ1) is 15.9. The van der Waals surface area contributed by atoms with Gasteiger partial charge in [-0.25, -0.2) is 9.48 Å². The Labute approximate surface area is 198 Å². The van der Waals surface area contributed by atoms with Gasteiger partial charge in [0.25, 0.3) is 5.56 Å². The second-order valence-corrected chi connectivity index (χ2v) is 8.71. The second-order valence-electron chi connectivity index (χ2n) is 7.22. The van der Waals surface area contributed by atoms with E-state index in [9.17, 15) is 14.4 Å². The highest BCUT2D eigenvalue weighted by molar-refractivity contribution is 7.18. The summed E-state index contributed by atoms with van der Waals surface area (Å²) in [6.45, 7) is 3.41. The largest absolute Gasteiger partial charge is 0.462 e. The molecule has 7 nitrogen and oxygen atoms in total. The number of nitrogens with one attached hydrogen (secondary N) is 1. The fourth-order valence-electron chi connectivity index (χ4n) is 3.43. The number of esters is 1. The number of nitrogens with zero attached hydrogens (tertiary/aromatic N) is 2. The van der Waals surface area contributed by atoms with Gasteiger partial charge >= 0.3 is 5.97 Å². The number of aromatic nitrogens is 2. The van der Waals surface area contributed by atoms with Crippen LogP contribution in [0.1, 0.15) is 22.3 Å². The summed E-state index contributed by atoms with van der Waals surface area (Å²) in [7, 11) is 0. The number of ether oxygens (including phenoxy) is 1. The zero-order chi connectivity index (χ0) is 23.5. The molecule has 2 aromatic carbocycles. The van der Waals surface area contributed by atoms with E-state index in [4.69, 9.17) is 16.3 Å². The number of amides is 1. The molecule has 0 fully saturated rings. The van der Waals surface area contributed by atoms with Gasteiger partial charge in [-0.2, -0.15) is 5.10 Å². The fourth-order valence-corrected chi connectivity index (χ4v) is 4.56. The van der Waals surface area contributed by atoms with Crippen molar-refractivity contribution >= 4 is 51.3 Å². The molecule has 9 heteroatoms. The van der Waals surface area contributed by atoms with E-state index in [0.717, 1.165) is 20.5 Å². The molecule has 4 rings (SSSR count). The quantitative estimate of drug-likeness (QED) is 0.395. The summed E-state index contributed by atoms with van der Waals surface area (Å²) in [5, 5.41) is 8.84. The maximum Gasteiger partial charge on any atom is 0.350 e.